The van der Waals surface area contributed by atoms with E-state index in [-0.39, 0.29) is 5.78 Å². The molecule has 0 unspecified atom stereocenters. The predicted octanol–water partition coefficient (Wildman–Crippen LogP) is 3.17. The van der Waals surface area contributed by atoms with Gasteiger partial charge in [0.15, 0.2) is 5.78 Å². The number of rotatable bonds is 2. The second kappa shape index (κ2) is 4.56. The first kappa shape index (κ1) is 11.5. The average molecular weight is 258 g/mol. The van der Waals surface area contributed by atoms with E-state index >= 15 is 0 Å². The quantitative estimate of drug-likeness (QED) is 0.838. The molecule has 0 bridgehead atoms. The molecule has 0 spiro atoms. The molecule has 0 saturated carbocycles. The molecule has 1 aliphatic heterocycles. The SMILES string of the molecule is O=C(c1ccc(Cl)cc1)c1ccc2c(c1)CNC2. The van der Waals surface area contributed by atoms with Crippen molar-refractivity contribution >= 4 is 17.4 Å². The molecule has 0 atom stereocenters. The number of halogens is 1. The summed E-state index contributed by atoms with van der Waals surface area (Å²) in [5.74, 6) is 0.0429. The Morgan fingerprint density at radius 3 is 2.39 bits per heavy atom. The van der Waals surface area contributed by atoms with Gasteiger partial charge < -0.3 is 5.32 Å². The summed E-state index contributed by atoms with van der Waals surface area (Å²) < 4.78 is 0. The molecule has 0 amide bonds. The first-order valence-electron chi connectivity index (χ1n) is 5.87. The van der Waals surface area contributed by atoms with E-state index in [1.807, 2.05) is 18.2 Å². The molecule has 0 fully saturated rings. The van der Waals surface area contributed by atoms with Crippen LogP contribution in [0.1, 0.15) is 27.0 Å². The maximum Gasteiger partial charge on any atom is 0.193 e. The molecule has 18 heavy (non-hydrogen) atoms. The predicted molar refractivity (Wildman–Crippen MR) is 71.9 cm³/mol. The van der Waals surface area contributed by atoms with Crippen molar-refractivity contribution in [3.05, 3.63) is 69.7 Å². The van der Waals surface area contributed by atoms with Gasteiger partial charge in [-0.15, -0.1) is 0 Å². The first-order valence-corrected chi connectivity index (χ1v) is 6.24. The first-order chi connectivity index (χ1) is 8.74. The summed E-state index contributed by atoms with van der Waals surface area (Å²) in [5, 5.41) is 3.92. The van der Waals surface area contributed by atoms with Crippen molar-refractivity contribution in [1.82, 2.24) is 5.32 Å². The van der Waals surface area contributed by atoms with E-state index < -0.39 is 0 Å². The van der Waals surface area contributed by atoms with Gasteiger partial charge in [0.2, 0.25) is 0 Å². The van der Waals surface area contributed by atoms with Crippen LogP contribution in [0.15, 0.2) is 42.5 Å². The third-order valence-corrected chi connectivity index (χ3v) is 3.46. The van der Waals surface area contributed by atoms with Crippen LogP contribution in [0.3, 0.4) is 0 Å². The maximum absolute atomic E-state index is 12.3. The van der Waals surface area contributed by atoms with Crippen molar-refractivity contribution < 1.29 is 4.79 Å². The number of benzene rings is 2. The van der Waals surface area contributed by atoms with Crippen molar-refractivity contribution in [1.29, 1.82) is 0 Å². The molecule has 0 aromatic heterocycles. The van der Waals surface area contributed by atoms with Crippen molar-refractivity contribution in [2.75, 3.05) is 0 Å². The molecule has 3 rings (SSSR count). The molecule has 90 valence electrons. The Labute approximate surface area is 111 Å². The van der Waals surface area contributed by atoms with E-state index in [0.717, 1.165) is 18.7 Å². The highest BCUT2D eigenvalue weighted by Gasteiger charge is 2.14. The van der Waals surface area contributed by atoms with E-state index in [0.29, 0.717) is 10.6 Å². The third kappa shape index (κ3) is 2.05. The minimum absolute atomic E-state index is 0.0429. The van der Waals surface area contributed by atoms with Gasteiger partial charge in [0.25, 0.3) is 0 Å². The molecular formula is C15H12ClNO. The Morgan fingerprint density at radius 1 is 0.944 bits per heavy atom. The van der Waals surface area contributed by atoms with Crippen LogP contribution in [0.4, 0.5) is 0 Å². The summed E-state index contributed by atoms with van der Waals surface area (Å²) in [5.41, 5.74) is 3.91. The molecular weight excluding hydrogens is 246 g/mol. The summed E-state index contributed by atoms with van der Waals surface area (Å²) in [6.07, 6.45) is 0. The Hall–Kier alpha value is -1.64. The lowest BCUT2D eigenvalue weighted by Crippen LogP contribution is -2.02. The van der Waals surface area contributed by atoms with Gasteiger partial charge in [-0.3, -0.25) is 4.79 Å². The van der Waals surface area contributed by atoms with Crippen molar-refractivity contribution in [3.8, 4) is 0 Å². The zero-order valence-electron chi connectivity index (χ0n) is 9.74. The van der Waals surface area contributed by atoms with Crippen molar-refractivity contribution in [2.45, 2.75) is 13.1 Å². The van der Waals surface area contributed by atoms with Crippen LogP contribution in [0.2, 0.25) is 5.02 Å². The topological polar surface area (TPSA) is 29.1 Å². The van der Waals surface area contributed by atoms with Gasteiger partial charge in [-0.2, -0.15) is 0 Å². The molecule has 0 saturated heterocycles. The summed E-state index contributed by atoms with van der Waals surface area (Å²) in [6.45, 7) is 1.74. The molecule has 2 nitrogen and oxygen atoms in total. The van der Waals surface area contributed by atoms with Gasteiger partial charge in [0.1, 0.15) is 0 Å². The van der Waals surface area contributed by atoms with Crippen LogP contribution in [0.5, 0.6) is 0 Å². The van der Waals surface area contributed by atoms with Gasteiger partial charge in [0, 0.05) is 29.2 Å². The number of carbonyl (C=O) groups excluding carboxylic acids is 1. The van der Waals surface area contributed by atoms with Crippen LogP contribution in [0.25, 0.3) is 0 Å². The highest BCUT2D eigenvalue weighted by atomic mass is 35.5. The number of hydrogen-bond acceptors (Lipinski definition) is 2. The van der Waals surface area contributed by atoms with E-state index in [1.54, 1.807) is 24.3 Å². The van der Waals surface area contributed by atoms with Gasteiger partial charge in [-0.25, -0.2) is 0 Å². The molecule has 1 N–H and O–H groups in total. The van der Waals surface area contributed by atoms with Crippen molar-refractivity contribution in [3.63, 3.8) is 0 Å². The molecule has 1 aliphatic rings. The monoisotopic (exact) mass is 257 g/mol. The van der Waals surface area contributed by atoms with E-state index in [4.69, 9.17) is 11.6 Å². The van der Waals surface area contributed by atoms with Gasteiger partial charge >= 0.3 is 0 Å². The molecule has 2 aromatic rings. The normalized spacial score (nSPS) is 13.4. The lowest BCUT2D eigenvalue weighted by Gasteiger charge is -2.04. The number of nitrogens with one attached hydrogen (secondary N) is 1. The molecule has 1 heterocycles. The fourth-order valence-electron chi connectivity index (χ4n) is 2.20. The van der Waals surface area contributed by atoms with Crippen LogP contribution in [-0.2, 0) is 13.1 Å². The van der Waals surface area contributed by atoms with Crippen LogP contribution >= 0.6 is 11.6 Å². The molecule has 0 aliphatic carbocycles. The second-order valence-electron chi connectivity index (χ2n) is 4.42. The standard InChI is InChI=1S/C15H12ClNO/c16-14-5-3-10(4-6-14)15(18)11-1-2-12-8-17-9-13(12)7-11/h1-7,17H,8-9H2. The average Bonchev–Trinajstić information content (AvgIpc) is 2.86. The lowest BCUT2D eigenvalue weighted by molar-refractivity contribution is 0.103. The Bertz CT molecular complexity index is 604. The highest BCUT2D eigenvalue weighted by molar-refractivity contribution is 6.30. The van der Waals surface area contributed by atoms with Gasteiger partial charge in [-0.1, -0.05) is 23.7 Å². The summed E-state index contributed by atoms with van der Waals surface area (Å²) >= 11 is 5.82. The van der Waals surface area contributed by atoms with E-state index in [2.05, 4.69) is 5.32 Å². The zero-order valence-corrected chi connectivity index (χ0v) is 10.5. The third-order valence-electron chi connectivity index (χ3n) is 3.21. The fourth-order valence-corrected chi connectivity index (χ4v) is 2.33. The summed E-state index contributed by atoms with van der Waals surface area (Å²) in [7, 11) is 0. The van der Waals surface area contributed by atoms with Gasteiger partial charge in [0.05, 0.1) is 0 Å². The number of carbonyl (C=O) groups is 1. The second-order valence-corrected chi connectivity index (χ2v) is 4.86. The van der Waals surface area contributed by atoms with Gasteiger partial charge in [-0.05, 0) is 41.5 Å². The number of ketones is 1. The number of hydrogen-bond donors (Lipinski definition) is 1. The van der Waals surface area contributed by atoms with Crippen molar-refractivity contribution in [2.24, 2.45) is 0 Å². The van der Waals surface area contributed by atoms with Crippen LogP contribution in [0, 0.1) is 0 Å². The summed E-state index contributed by atoms with van der Waals surface area (Å²) in [4.78, 5) is 12.3. The summed E-state index contributed by atoms with van der Waals surface area (Å²) in [6, 6.07) is 12.9. The Balaban J connectivity index is 1.95. The molecule has 3 heteroatoms. The maximum atomic E-state index is 12.3. The smallest absolute Gasteiger partial charge is 0.193 e. The van der Waals surface area contributed by atoms with Crippen LogP contribution in [-0.4, -0.2) is 5.78 Å². The zero-order chi connectivity index (χ0) is 12.5. The minimum atomic E-state index is 0.0429. The minimum Gasteiger partial charge on any atom is -0.309 e. The number of fused-ring (bicyclic) bond motifs is 1. The van der Waals surface area contributed by atoms with Crippen LogP contribution < -0.4 is 5.32 Å². The lowest BCUT2D eigenvalue weighted by atomic mass is 9.99. The largest absolute Gasteiger partial charge is 0.309 e. The molecule has 0 radical (unpaired) electrons. The fraction of sp³-hybridized carbons (Fsp3) is 0.133. The Morgan fingerprint density at radius 2 is 1.61 bits per heavy atom. The highest BCUT2D eigenvalue weighted by Crippen LogP contribution is 2.20. The van der Waals surface area contributed by atoms with E-state index in [9.17, 15) is 4.79 Å². The molecule has 2 aromatic carbocycles. The van der Waals surface area contributed by atoms with E-state index in [1.165, 1.54) is 11.1 Å². The Kier molecular flexibility index (Phi) is 2.90.